The number of esters is 1. The van der Waals surface area contributed by atoms with Crippen LogP contribution in [0.15, 0.2) is 0 Å². The fourth-order valence-corrected chi connectivity index (χ4v) is 6.78. The Morgan fingerprint density at radius 3 is 2.31 bits per heavy atom. The van der Waals surface area contributed by atoms with Crippen molar-refractivity contribution in [3.05, 3.63) is 0 Å². The van der Waals surface area contributed by atoms with E-state index in [4.69, 9.17) is 18.9 Å². The van der Waals surface area contributed by atoms with Crippen molar-refractivity contribution >= 4 is 11.8 Å². The molecule has 0 radical (unpaired) electrons. The maximum absolute atomic E-state index is 12.8. The number of carbonyl (C=O) groups excluding carboxylic acids is 2. The van der Waals surface area contributed by atoms with Gasteiger partial charge in [0.2, 0.25) is 0 Å². The summed E-state index contributed by atoms with van der Waals surface area (Å²) in [5.74, 6) is 0.372. The first-order valence-electron chi connectivity index (χ1n) is 11.0. The lowest BCUT2D eigenvalue weighted by Gasteiger charge is -2.58. The van der Waals surface area contributed by atoms with Gasteiger partial charge in [-0.3, -0.25) is 9.59 Å². The van der Waals surface area contributed by atoms with Crippen LogP contribution in [0.5, 0.6) is 0 Å². The zero-order valence-electron chi connectivity index (χ0n) is 19.1. The number of hydrogen-bond donors (Lipinski definition) is 0. The fraction of sp³-hybridized carbons (Fsp3) is 0.913. The summed E-state index contributed by atoms with van der Waals surface area (Å²) in [6.45, 7) is 8.23. The van der Waals surface area contributed by atoms with E-state index in [1.807, 2.05) is 13.8 Å². The molecule has 0 N–H and O–H groups in total. The quantitative estimate of drug-likeness (QED) is 0.345. The zero-order chi connectivity index (χ0) is 21.6. The van der Waals surface area contributed by atoms with Crippen molar-refractivity contribution in [3.63, 3.8) is 0 Å². The van der Waals surface area contributed by atoms with E-state index in [2.05, 4.69) is 13.8 Å². The van der Waals surface area contributed by atoms with E-state index in [1.165, 1.54) is 7.11 Å². The third kappa shape index (κ3) is 3.35. The highest BCUT2D eigenvalue weighted by atomic mass is 16.7. The van der Waals surface area contributed by atoms with Gasteiger partial charge in [-0.1, -0.05) is 27.2 Å². The number of rotatable bonds is 8. The molecule has 3 rings (SSSR count). The van der Waals surface area contributed by atoms with E-state index >= 15 is 0 Å². The van der Waals surface area contributed by atoms with E-state index in [-0.39, 0.29) is 41.0 Å². The minimum Gasteiger partial charge on any atom is -0.469 e. The van der Waals surface area contributed by atoms with Gasteiger partial charge in [0.15, 0.2) is 6.29 Å². The van der Waals surface area contributed by atoms with Crippen LogP contribution in [0, 0.1) is 28.6 Å². The largest absolute Gasteiger partial charge is 0.469 e. The van der Waals surface area contributed by atoms with Crippen LogP contribution in [0.2, 0.25) is 0 Å². The molecule has 3 fully saturated rings. The smallest absolute Gasteiger partial charge is 0.311 e. The van der Waals surface area contributed by atoms with Crippen molar-refractivity contribution in [2.24, 2.45) is 28.6 Å². The lowest BCUT2D eigenvalue weighted by atomic mass is 9.45. The molecule has 3 aliphatic rings. The van der Waals surface area contributed by atoms with Crippen LogP contribution < -0.4 is 0 Å². The summed E-state index contributed by atoms with van der Waals surface area (Å²) in [5, 5.41) is 0. The fourth-order valence-electron chi connectivity index (χ4n) is 6.78. The third-order valence-corrected chi connectivity index (χ3v) is 8.33. The molecule has 6 atom stereocenters. The number of ether oxygens (including phenoxy) is 4. The highest BCUT2D eigenvalue weighted by Crippen LogP contribution is 2.70. The van der Waals surface area contributed by atoms with E-state index < -0.39 is 17.3 Å². The molecule has 0 unspecified atom stereocenters. The first-order valence-corrected chi connectivity index (χ1v) is 11.0. The monoisotopic (exact) mass is 410 g/mol. The Kier molecular flexibility index (Phi) is 6.21. The van der Waals surface area contributed by atoms with Crippen LogP contribution in [-0.2, 0) is 28.5 Å². The maximum atomic E-state index is 12.8. The second-order valence-corrected chi connectivity index (χ2v) is 10.0. The average molecular weight is 411 g/mol. The van der Waals surface area contributed by atoms with Gasteiger partial charge in [0.25, 0.3) is 0 Å². The van der Waals surface area contributed by atoms with Crippen molar-refractivity contribution < 1.29 is 28.5 Å². The highest BCUT2D eigenvalue weighted by Gasteiger charge is 2.76. The standard InChI is InChI=1S/C23H38O6/c1-14(2)15(24)9-10-16-21(3)11-8-12-22(4,19(25)26-5)17(21)13-18-23(16,29-18)20(27-6)28-7/h14,16-18,20H,8-13H2,1-7H3/t16-,17-,18-,21-,22-,23+/m1/s1. The molecule has 166 valence electrons. The molecule has 2 saturated carbocycles. The number of carbonyl (C=O) groups is 2. The van der Waals surface area contributed by atoms with E-state index in [1.54, 1.807) is 14.2 Å². The highest BCUT2D eigenvalue weighted by molar-refractivity contribution is 5.80. The Labute approximate surface area is 175 Å². The summed E-state index contributed by atoms with van der Waals surface area (Å²) < 4.78 is 23.0. The zero-order valence-corrected chi connectivity index (χ0v) is 19.1. The van der Waals surface area contributed by atoms with Crippen molar-refractivity contribution in [2.45, 2.75) is 84.2 Å². The molecule has 1 aliphatic heterocycles. The van der Waals surface area contributed by atoms with Crippen molar-refractivity contribution in [1.82, 2.24) is 0 Å². The van der Waals surface area contributed by atoms with Crippen LogP contribution in [0.1, 0.15) is 66.2 Å². The maximum Gasteiger partial charge on any atom is 0.311 e. The molecule has 29 heavy (non-hydrogen) atoms. The normalized spacial score (nSPS) is 41.1. The molecular weight excluding hydrogens is 372 g/mol. The summed E-state index contributed by atoms with van der Waals surface area (Å²) in [5.41, 5.74) is -1.23. The number of epoxide rings is 1. The Hall–Kier alpha value is -0.980. The van der Waals surface area contributed by atoms with Gasteiger partial charge in [-0.15, -0.1) is 0 Å². The summed E-state index contributed by atoms with van der Waals surface area (Å²) in [6.07, 6.45) is 4.32. The van der Waals surface area contributed by atoms with Gasteiger partial charge in [0.1, 0.15) is 11.4 Å². The second-order valence-electron chi connectivity index (χ2n) is 10.0. The molecular formula is C23H38O6. The summed E-state index contributed by atoms with van der Waals surface area (Å²) in [4.78, 5) is 25.3. The Morgan fingerprint density at radius 2 is 1.76 bits per heavy atom. The average Bonchev–Trinajstić information content (AvgIpc) is 3.40. The third-order valence-electron chi connectivity index (χ3n) is 8.33. The van der Waals surface area contributed by atoms with Crippen LogP contribution in [0.3, 0.4) is 0 Å². The van der Waals surface area contributed by atoms with Gasteiger partial charge < -0.3 is 18.9 Å². The van der Waals surface area contributed by atoms with Gasteiger partial charge in [0.05, 0.1) is 18.6 Å². The van der Waals surface area contributed by atoms with E-state index in [0.717, 1.165) is 32.1 Å². The minimum atomic E-state index is -0.541. The van der Waals surface area contributed by atoms with Crippen molar-refractivity contribution in [1.29, 1.82) is 0 Å². The van der Waals surface area contributed by atoms with Crippen molar-refractivity contribution in [2.75, 3.05) is 21.3 Å². The lowest BCUT2D eigenvalue weighted by molar-refractivity contribution is -0.199. The molecule has 0 amide bonds. The van der Waals surface area contributed by atoms with Crippen LogP contribution in [0.25, 0.3) is 0 Å². The predicted molar refractivity (Wildman–Crippen MR) is 108 cm³/mol. The number of ketones is 1. The number of fused-ring (bicyclic) bond motifs is 2. The van der Waals surface area contributed by atoms with Gasteiger partial charge >= 0.3 is 5.97 Å². The first kappa shape index (κ1) is 22.7. The van der Waals surface area contributed by atoms with Gasteiger partial charge in [-0.05, 0) is 43.9 Å². The Bertz CT molecular complexity index is 643. The summed E-state index contributed by atoms with van der Waals surface area (Å²) in [6, 6.07) is 0. The second kappa shape index (κ2) is 7.93. The number of hydrogen-bond acceptors (Lipinski definition) is 6. The van der Waals surface area contributed by atoms with Crippen LogP contribution in [-0.4, -0.2) is 51.1 Å². The molecule has 0 bridgehead atoms. The van der Waals surface area contributed by atoms with E-state index in [0.29, 0.717) is 6.42 Å². The molecule has 0 spiro atoms. The SMILES string of the molecule is COC(=O)[C@]1(C)CCC[C@]2(C)[C@@H](CCC(=O)C(C)C)[C@]3(C(OC)OC)O[C@@H]3C[C@H]21. The molecule has 6 nitrogen and oxygen atoms in total. The van der Waals surface area contributed by atoms with E-state index in [9.17, 15) is 9.59 Å². The predicted octanol–water partition coefficient (Wildman–Crippen LogP) is 3.75. The lowest BCUT2D eigenvalue weighted by Crippen LogP contribution is -2.60. The summed E-state index contributed by atoms with van der Waals surface area (Å²) in [7, 11) is 4.77. The van der Waals surface area contributed by atoms with Crippen LogP contribution >= 0.6 is 0 Å². The van der Waals surface area contributed by atoms with Crippen LogP contribution in [0.4, 0.5) is 0 Å². The number of methoxy groups -OCH3 is 3. The molecule has 0 aromatic rings. The topological polar surface area (TPSA) is 74.4 Å². The molecule has 2 aliphatic carbocycles. The van der Waals surface area contributed by atoms with Gasteiger partial charge in [-0.2, -0.15) is 0 Å². The number of Topliss-reactive ketones (excluding diaryl/α,β-unsaturated/α-hetero) is 1. The van der Waals surface area contributed by atoms with Gasteiger partial charge in [-0.25, -0.2) is 0 Å². The first-order chi connectivity index (χ1) is 13.6. The molecule has 1 heterocycles. The van der Waals surface area contributed by atoms with Gasteiger partial charge in [0, 0.05) is 32.5 Å². The molecule has 6 heteroatoms. The Balaban J connectivity index is 2.00. The Morgan fingerprint density at radius 1 is 1.10 bits per heavy atom. The molecule has 0 aromatic heterocycles. The molecule has 0 aromatic carbocycles. The molecule has 1 saturated heterocycles. The van der Waals surface area contributed by atoms with Crippen molar-refractivity contribution in [3.8, 4) is 0 Å². The summed E-state index contributed by atoms with van der Waals surface area (Å²) >= 11 is 0. The minimum absolute atomic E-state index is 0.0152.